The number of furan rings is 1. The van der Waals surface area contributed by atoms with Crippen LogP contribution in [0.3, 0.4) is 0 Å². The largest absolute Gasteiger partial charge is 0.439 e. The molecule has 0 aliphatic rings. The van der Waals surface area contributed by atoms with Gasteiger partial charge in [-0.3, -0.25) is 0 Å². The highest BCUT2D eigenvalue weighted by molar-refractivity contribution is 6.31. The minimum Gasteiger partial charge on any atom is -0.439 e. The van der Waals surface area contributed by atoms with Gasteiger partial charge in [0.2, 0.25) is 5.88 Å². The van der Waals surface area contributed by atoms with Gasteiger partial charge in [-0.2, -0.15) is 0 Å². The first-order chi connectivity index (χ1) is 9.15. The first-order valence-corrected chi connectivity index (χ1v) is 6.02. The Bertz CT molecular complexity index is 754. The number of nitrogens with two attached hydrogens (primary N) is 1. The summed E-state index contributed by atoms with van der Waals surface area (Å²) in [4.78, 5) is 0. The Labute approximate surface area is 113 Å². The Morgan fingerprint density at radius 2 is 1.95 bits per heavy atom. The third-order valence-corrected chi connectivity index (χ3v) is 3.10. The zero-order valence-corrected chi connectivity index (χ0v) is 10.5. The van der Waals surface area contributed by atoms with Crippen LogP contribution in [0.5, 0.6) is 0 Å². The SMILES string of the molecule is Nc1oc2ccccc2c1Nc1ccc(F)c(Cl)c1. The maximum atomic E-state index is 13.1. The first kappa shape index (κ1) is 11.9. The molecule has 19 heavy (non-hydrogen) atoms. The van der Waals surface area contributed by atoms with Gasteiger partial charge < -0.3 is 15.5 Å². The molecule has 5 heteroatoms. The van der Waals surface area contributed by atoms with Crippen LogP contribution in [0.2, 0.25) is 5.02 Å². The molecule has 0 aliphatic heterocycles. The number of hydrogen-bond acceptors (Lipinski definition) is 3. The molecule has 0 radical (unpaired) electrons. The van der Waals surface area contributed by atoms with Gasteiger partial charge in [0.05, 0.1) is 5.02 Å². The van der Waals surface area contributed by atoms with E-state index in [1.165, 1.54) is 12.1 Å². The fourth-order valence-corrected chi connectivity index (χ4v) is 2.09. The van der Waals surface area contributed by atoms with Gasteiger partial charge in [-0.15, -0.1) is 0 Å². The summed E-state index contributed by atoms with van der Waals surface area (Å²) in [5, 5.41) is 4.01. The average molecular weight is 277 g/mol. The second kappa shape index (κ2) is 4.48. The fraction of sp³-hybridized carbons (Fsp3) is 0. The van der Waals surface area contributed by atoms with Crippen LogP contribution in [0.1, 0.15) is 0 Å². The lowest BCUT2D eigenvalue weighted by atomic mass is 10.2. The highest BCUT2D eigenvalue weighted by Gasteiger charge is 2.11. The molecule has 0 aliphatic carbocycles. The van der Waals surface area contributed by atoms with Gasteiger partial charge in [0.25, 0.3) is 0 Å². The molecule has 0 saturated carbocycles. The molecule has 0 spiro atoms. The van der Waals surface area contributed by atoms with Crippen molar-refractivity contribution in [1.82, 2.24) is 0 Å². The maximum Gasteiger partial charge on any atom is 0.215 e. The van der Waals surface area contributed by atoms with E-state index < -0.39 is 5.82 Å². The molecule has 0 bridgehead atoms. The molecule has 0 amide bonds. The van der Waals surface area contributed by atoms with Crippen LogP contribution >= 0.6 is 11.6 Å². The smallest absolute Gasteiger partial charge is 0.215 e. The summed E-state index contributed by atoms with van der Waals surface area (Å²) in [7, 11) is 0. The second-order valence-corrected chi connectivity index (χ2v) is 4.50. The Morgan fingerprint density at radius 1 is 1.16 bits per heavy atom. The van der Waals surface area contributed by atoms with Crippen LogP contribution in [0.15, 0.2) is 46.9 Å². The average Bonchev–Trinajstić information content (AvgIpc) is 2.71. The summed E-state index contributed by atoms with van der Waals surface area (Å²) in [6, 6.07) is 11.9. The lowest BCUT2D eigenvalue weighted by Crippen LogP contribution is -1.94. The molecule has 0 saturated heterocycles. The van der Waals surface area contributed by atoms with E-state index in [4.69, 9.17) is 21.8 Å². The number of benzene rings is 2. The summed E-state index contributed by atoms with van der Waals surface area (Å²) >= 11 is 5.74. The Kier molecular flexibility index (Phi) is 2.80. The lowest BCUT2D eigenvalue weighted by molar-refractivity contribution is 0.628. The van der Waals surface area contributed by atoms with E-state index in [-0.39, 0.29) is 10.9 Å². The van der Waals surface area contributed by atoms with Crippen molar-refractivity contribution >= 4 is 39.8 Å². The fourth-order valence-electron chi connectivity index (χ4n) is 1.91. The van der Waals surface area contributed by atoms with E-state index >= 15 is 0 Å². The van der Waals surface area contributed by atoms with E-state index in [0.29, 0.717) is 17.0 Å². The minimum atomic E-state index is -0.461. The van der Waals surface area contributed by atoms with Gasteiger partial charge in [-0.1, -0.05) is 23.7 Å². The number of nitrogen functional groups attached to an aromatic ring is 1. The predicted octanol–water partition coefficient (Wildman–Crippen LogP) is 4.55. The van der Waals surface area contributed by atoms with Gasteiger partial charge in [0, 0.05) is 11.1 Å². The van der Waals surface area contributed by atoms with Gasteiger partial charge >= 0.3 is 0 Å². The van der Waals surface area contributed by atoms with Crippen molar-refractivity contribution in [3.8, 4) is 0 Å². The van der Waals surface area contributed by atoms with Crippen LogP contribution in [0, 0.1) is 5.82 Å². The van der Waals surface area contributed by atoms with Crippen molar-refractivity contribution in [2.75, 3.05) is 11.1 Å². The molecule has 0 fully saturated rings. The highest BCUT2D eigenvalue weighted by atomic mass is 35.5. The summed E-state index contributed by atoms with van der Waals surface area (Å²) in [6.07, 6.45) is 0. The molecule has 0 atom stereocenters. The number of halogens is 2. The molecule has 3 N–H and O–H groups in total. The highest BCUT2D eigenvalue weighted by Crippen LogP contribution is 2.35. The molecule has 1 heterocycles. The van der Waals surface area contributed by atoms with Crippen LogP contribution < -0.4 is 11.1 Å². The van der Waals surface area contributed by atoms with Gasteiger partial charge in [0.1, 0.15) is 17.1 Å². The lowest BCUT2D eigenvalue weighted by Gasteiger charge is -2.06. The molecular formula is C14H10ClFN2O. The minimum absolute atomic E-state index is 0.0522. The third-order valence-electron chi connectivity index (χ3n) is 2.81. The van der Waals surface area contributed by atoms with E-state index in [1.807, 2.05) is 24.3 Å². The third kappa shape index (κ3) is 2.11. The van der Waals surface area contributed by atoms with Crippen LogP contribution in [0.25, 0.3) is 11.0 Å². The monoisotopic (exact) mass is 276 g/mol. The Balaban J connectivity index is 2.05. The predicted molar refractivity (Wildman–Crippen MR) is 75.3 cm³/mol. The van der Waals surface area contributed by atoms with Crippen LogP contribution in [-0.4, -0.2) is 0 Å². The maximum absolute atomic E-state index is 13.1. The summed E-state index contributed by atoms with van der Waals surface area (Å²) in [5.74, 6) is -0.182. The molecule has 0 unspecified atom stereocenters. The standard InChI is InChI=1S/C14H10ClFN2O/c15-10-7-8(5-6-11(10)16)18-13-9-3-1-2-4-12(9)19-14(13)17/h1-7,18H,17H2. The van der Waals surface area contributed by atoms with Crippen molar-refractivity contribution < 1.29 is 8.81 Å². The number of nitrogens with one attached hydrogen (secondary N) is 1. The molecule has 3 nitrogen and oxygen atoms in total. The number of anilines is 3. The Hall–Kier alpha value is -2.20. The molecule has 1 aromatic heterocycles. The summed E-state index contributed by atoms with van der Waals surface area (Å²) in [5.41, 5.74) is 7.82. The number of fused-ring (bicyclic) bond motifs is 1. The van der Waals surface area contributed by atoms with Gasteiger partial charge in [-0.25, -0.2) is 4.39 Å². The molecule has 2 aromatic carbocycles. The summed E-state index contributed by atoms with van der Waals surface area (Å²) in [6.45, 7) is 0. The molecule has 3 rings (SSSR count). The molecule has 3 aromatic rings. The van der Waals surface area contributed by atoms with E-state index in [0.717, 1.165) is 5.39 Å². The van der Waals surface area contributed by atoms with Crippen LogP contribution in [-0.2, 0) is 0 Å². The van der Waals surface area contributed by atoms with Gasteiger partial charge in [-0.05, 0) is 30.3 Å². The van der Waals surface area contributed by atoms with Crippen molar-refractivity contribution in [3.05, 3.63) is 53.3 Å². The quantitative estimate of drug-likeness (QED) is 0.722. The van der Waals surface area contributed by atoms with Crippen LogP contribution in [0.4, 0.5) is 21.6 Å². The number of rotatable bonds is 2. The number of hydrogen-bond donors (Lipinski definition) is 2. The van der Waals surface area contributed by atoms with E-state index in [9.17, 15) is 4.39 Å². The van der Waals surface area contributed by atoms with Crippen molar-refractivity contribution in [1.29, 1.82) is 0 Å². The first-order valence-electron chi connectivity index (χ1n) is 5.64. The topological polar surface area (TPSA) is 51.2 Å². The van der Waals surface area contributed by atoms with Crippen molar-refractivity contribution in [2.24, 2.45) is 0 Å². The molecular weight excluding hydrogens is 267 g/mol. The van der Waals surface area contributed by atoms with Gasteiger partial charge in [0.15, 0.2) is 0 Å². The zero-order valence-electron chi connectivity index (χ0n) is 9.78. The second-order valence-electron chi connectivity index (χ2n) is 4.09. The molecule has 96 valence electrons. The van der Waals surface area contributed by atoms with Crippen molar-refractivity contribution in [2.45, 2.75) is 0 Å². The number of para-hydroxylation sites is 1. The Morgan fingerprint density at radius 3 is 2.74 bits per heavy atom. The zero-order chi connectivity index (χ0) is 13.4. The summed E-state index contributed by atoms with van der Waals surface area (Å²) < 4.78 is 18.5. The normalized spacial score (nSPS) is 10.8. The van der Waals surface area contributed by atoms with Crippen molar-refractivity contribution in [3.63, 3.8) is 0 Å². The van der Waals surface area contributed by atoms with E-state index in [2.05, 4.69) is 5.32 Å². The van der Waals surface area contributed by atoms with E-state index in [1.54, 1.807) is 6.07 Å².